The Kier molecular flexibility index (Phi) is 4.13. The van der Waals surface area contributed by atoms with E-state index in [2.05, 4.69) is 10.6 Å². The molecule has 1 amide bonds. The average Bonchev–Trinajstić information content (AvgIpc) is 2.48. The number of nitrogens with zero attached hydrogens (tertiary/aromatic N) is 1. The summed E-state index contributed by atoms with van der Waals surface area (Å²) in [4.78, 5) is 22.3. The molecule has 0 radical (unpaired) electrons. The summed E-state index contributed by atoms with van der Waals surface area (Å²) in [7, 11) is 1.51. The van der Waals surface area contributed by atoms with Gasteiger partial charge in [0.25, 0.3) is 11.6 Å². The van der Waals surface area contributed by atoms with Gasteiger partial charge in [0.1, 0.15) is 11.5 Å². The van der Waals surface area contributed by atoms with Crippen molar-refractivity contribution in [2.45, 2.75) is 0 Å². The number of anilines is 2. The highest BCUT2D eigenvalue weighted by atomic mass is 19.1. The van der Waals surface area contributed by atoms with Crippen LogP contribution in [-0.4, -0.2) is 17.9 Å². The van der Waals surface area contributed by atoms with Crippen LogP contribution in [-0.2, 0) is 0 Å². The smallest absolute Gasteiger partial charge is 0.292 e. The van der Waals surface area contributed by atoms with Gasteiger partial charge in [0.05, 0.1) is 10.6 Å². The number of carbonyl (C=O) groups is 1. The molecule has 2 aromatic rings. The summed E-state index contributed by atoms with van der Waals surface area (Å²) < 4.78 is 13.5. The van der Waals surface area contributed by atoms with Crippen LogP contribution in [0.3, 0.4) is 0 Å². The monoisotopic (exact) mass is 289 g/mol. The van der Waals surface area contributed by atoms with Gasteiger partial charge in [-0.2, -0.15) is 0 Å². The van der Waals surface area contributed by atoms with Crippen molar-refractivity contribution in [2.75, 3.05) is 17.7 Å². The molecule has 2 N–H and O–H groups in total. The molecule has 2 aromatic carbocycles. The van der Waals surface area contributed by atoms with Crippen LogP contribution in [0.1, 0.15) is 10.4 Å². The van der Waals surface area contributed by atoms with Crippen LogP contribution in [0.2, 0.25) is 0 Å². The van der Waals surface area contributed by atoms with E-state index in [1.807, 2.05) is 0 Å². The molecular formula is C14H12FN3O3. The Morgan fingerprint density at radius 3 is 2.52 bits per heavy atom. The summed E-state index contributed by atoms with van der Waals surface area (Å²) in [5.41, 5.74) is 0.307. The number of nitro benzene ring substituents is 1. The lowest BCUT2D eigenvalue weighted by Gasteiger charge is -2.08. The van der Waals surface area contributed by atoms with Gasteiger partial charge < -0.3 is 10.6 Å². The van der Waals surface area contributed by atoms with Gasteiger partial charge in [-0.1, -0.05) is 12.1 Å². The first-order valence-electron chi connectivity index (χ1n) is 6.05. The molecule has 0 atom stereocenters. The molecule has 0 aliphatic heterocycles. The molecule has 0 aliphatic carbocycles. The first-order valence-corrected chi connectivity index (χ1v) is 6.05. The zero-order chi connectivity index (χ0) is 15.4. The normalized spacial score (nSPS) is 10.0. The van der Waals surface area contributed by atoms with Gasteiger partial charge >= 0.3 is 0 Å². The van der Waals surface area contributed by atoms with Crippen LogP contribution in [0.5, 0.6) is 0 Å². The first kappa shape index (κ1) is 14.4. The first-order chi connectivity index (χ1) is 10.0. The predicted molar refractivity (Wildman–Crippen MR) is 77.0 cm³/mol. The Bertz CT molecular complexity index is 704. The molecule has 0 bridgehead atoms. The second-order valence-electron chi connectivity index (χ2n) is 4.17. The maximum Gasteiger partial charge on any atom is 0.292 e. The van der Waals surface area contributed by atoms with E-state index in [9.17, 15) is 19.3 Å². The van der Waals surface area contributed by atoms with Gasteiger partial charge in [-0.25, -0.2) is 4.39 Å². The Hall–Kier alpha value is -2.96. The fourth-order valence-electron chi connectivity index (χ4n) is 1.79. The third kappa shape index (κ3) is 3.14. The summed E-state index contributed by atoms with van der Waals surface area (Å²) in [6.07, 6.45) is 0. The number of para-hydroxylation sites is 1. The van der Waals surface area contributed by atoms with Crippen LogP contribution in [0.15, 0.2) is 42.5 Å². The Morgan fingerprint density at radius 2 is 1.90 bits per heavy atom. The van der Waals surface area contributed by atoms with Gasteiger partial charge in [0.15, 0.2) is 0 Å². The topological polar surface area (TPSA) is 84.3 Å². The number of benzene rings is 2. The highest BCUT2D eigenvalue weighted by molar-refractivity contribution is 6.05. The van der Waals surface area contributed by atoms with Gasteiger partial charge in [-0.3, -0.25) is 14.9 Å². The highest BCUT2D eigenvalue weighted by Gasteiger charge is 2.16. The van der Waals surface area contributed by atoms with Crippen molar-refractivity contribution in [3.05, 3.63) is 64.0 Å². The molecular weight excluding hydrogens is 277 g/mol. The molecule has 0 saturated carbocycles. The number of halogens is 1. The molecule has 7 heteroatoms. The van der Waals surface area contributed by atoms with Gasteiger partial charge in [0, 0.05) is 18.7 Å². The molecule has 0 heterocycles. The lowest BCUT2D eigenvalue weighted by atomic mass is 10.1. The molecule has 0 aromatic heterocycles. The van der Waals surface area contributed by atoms with Crippen molar-refractivity contribution in [2.24, 2.45) is 0 Å². The van der Waals surface area contributed by atoms with Crippen molar-refractivity contribution in [3.63, 3.8) is 0 Å². The predicted octanol–water partition coefficient (Wildman–Crippen LogP) is 3.03. The second kappa shape index (κ2) is 6.00. The molecule has 0 aliphatic rings. The van der Waals surface area contributed by atoms with Gasteiger partial charge in [-0.05, 0) is 24.3 Å². The Morgan fingerprint density at radius 1 is 1.19 bits per heavy atom. The summed E-state index contributed by atoms with van der Waals surface area (Å²) >= 11 is 0. The van der Waals surface area contributed by atoms with E-state index >= 15 is 0 Å². The summed E-state index contributed by atoms with van der Waals surface area (Å²) in [6, 6.07) is 9.64. The molecule has 0 spiro atoms. The van der Waals surface area contributed by atoms with E-state index in [0.717, 1.165) is 0 Å². The number of amides is 1. The Balaban J connectivity index is 2.28. The van der Waals surface area contributed by atoms with Crippen LogP contribution < -0.4 is 10.6 Å². The fourth-order valence-corrected chi connectivity index (χ4v) is 1.79. The number of nitro groups is 1. The van der Waals surface area contributed by atoms with Crippen molar-refractivity contribution in [1.29, 1.82) is 0 Å². The molecule has 6 nitrogen and oxygen atoms in total. The third-order valence-electron chi connectivity index (χ3n) is 2.85. The number of hydrogen-bond acceptors (Lipinski definition) is 4. The minimum Gasteiger partial charge on any atom is -0.383 e. The number of rotatable bonds is 4. The van der Waals surface area contributed by atoms with E-state index in [-0.39, 0.29) is 22.6 Å². The SMILES string of the molecule is CNc1cc(C(=O)Nc2ccccc2F)ccc1[N+](=O)[O-]. The van der Waals surface area contributed by atoms with Crippen LogP contribution >= 0.6 is 0 Å². The summed E-state index contributed by atoms with van der Waals surface area (Å²) in [5.74, 6) is -1.10. The lowest BCUT2D eigenvalue weighted by Crippen LogP contribution is -2.13. The standard InChI is InChI=1S/C14H12FN3O3/c1-16-12-8-9(6-7-13(12)18(20)21)14(19)17-11-5-3-2-4-10(11)15/h2-8,16H,1H3,(H,17,19). The minimum absolute atomic E-state index is 0.0480. The zero-order valence-electron chi connectivity index (χ0n) is 11.1. The maximum atomic E-state index is 13.5. The van der Waals surface area contributed by atoms with E-state index in [0.29, 0.717) is 0 Å². The maximum absolute atomic E-state index is 13.5. The zero-order valence-corrected chi connectivity index (χ0v) is 11.1. The van der Waals surface area contributed by atoms with Crippen LogP contribution in [0, 0.1) is 15.9 Å². The quantitative estimate of drug-likeness (QED) is 0.669. The van der Waals surface area contributed by atoms with Crippen molar-refractivity contribution < 1.29 is 14.1 Å². The molecule has 21 heavy (non-hydrogen) atoms. The Labute approximate surface area is 119 Å². The fraction of sp³-hybridized carbons (Fsp3) is 0.0714. The molecule has 0 unspecified atom stereocenters. The van der Waals surface area contributed by atoms with Crippen molar-refractivity contribution >= 4 is 23.0 Å². The number of carbonyl (C=O) groups excluding carboxylic acids is 1. The van der Waals surface area contributed by atoms with Crippen LogP contribution in [0.4, 0.5) is 21.5 Å². The average molecular weight is 289 g/mol. The molecule has 0 saturated heterocycles. The minimum atomic E-state index is -0.554. The molecule has 0 fully saturated rings. The van der Waals surface area contributed by atoms with E-state index in [1.165, 1.54) is 43.4 Å². The van der Waals surface area contributed by atoms with E-state index in [1.54, 1.807) is 6.07 Å². The molecule has 2 rings (SSSR count). The number of nitrogens with one attached hydrogen (secondary N) is 2. The second-order valence-corrected chi connectivity index (χ2v) is 4.17. The van der Waals surface area contributed by atoms with Gasteiger partial charge in [-0.15, -0.1) is 0 Å². The molecule has 108 valence electrons. The summed E-state index contributed by atoms with van der Waals surface area (Å²) in [6.45, 7) is 0. The number of hydrogen-bond donors (Lipinski definition) is 2. The summed E-state index contributed by atoms with van der Waals surface area (Å²) in [5, 5.41) is 15.9. The van der Waals surface area contributed by atoms with E-state index < -0.39 is 16.6 Å². The van der Waals surface area contributed by atoms with E-state index in [4.69, 9.17) is 0 Å². The van der Waals surface area contributed by atoms with Gasteiger partial charge in [0.2, 0.25) is 0 Å². The van der Waals surface area contributed by atoms with Crippen LogP contribution in [0.25, 0.3) is 0 Å². The largest absolute Gasteiger partial charge is 0.383 e. The third-order valence-corrected chi connectivity index (χ3v) is 2.85. The van der Waals surface area contributed by atoms with Crippen molar-refractivity contribution in [3.8, 4) is 0 Å². The van der Waals surface area contributed by atoms with Crippen molar-refractivity contribution in [1.82, 2.24) is 0 Å². The highest BCUT2D eigenvalue weighted by Crippen LogP contribution is 2.25. The lowest BCUT2D eigenvalue weighted by molar-refractivity contribution is -0.383.